The molecular weight excluding hydrogens is 934 g/mol. The van der Waals surface area contributed by atoms with Crippen molar-refractivity contribution in [3.05, 3.63) is 124 Å². The summed E-state index contributed by atoms with van der Waals surface area (Å²) in [5.74, 6) is -7.13. The minimum atomic E-state index is -6.40. The van der Waals surface area contributed by atoms with Gasteiger partial charge in [0.05, 0.1) is 9.85 Å². The molecule has 352 valence electrons. The summed E-state index contributed by atoms with van der Waals surface area (Å²) >= 11 is 0. The van der Waals surface area contributed by atoms with Gasteiger partial charge in [0.25, 0.3) is 11.4 Å². The van der Waals surface area contributed by atoms with Crippen molar-refractivity contribution in [3.8, 4) is 23.0 Å². The van der Waals surface area contributed by atoms with E-state index in [9.17, 15) is 99.3 Å². The van der Waals surface area contributed by atoms with Crippen LogP contribution in [-0.4, -0.2) is 9.85 Å². The molecule has 26 heteroatoms. The van der Waals surface area contributed by atoms with Crippen LogP contribution in [0, 0.1) is 20.2 Å². The van der Waals surface area contributed by atoms with E-state index < -0.39 is 143 Å². The number of fused-ring (bicyclic) bond motifs is 4. The number of ether oxygens (including phenoxy) is 2. The van der Waals surface area contributed by atoms with Crippen molar-refractivity contribution in [2.45, 2.75) is 93.8 Å². The molecule has 0 unspecified atom stereocenters. The molecule has 0 N–H and O–H groups in total. The van der Waals surface area contributed by atoms with Gasteiger partial charge < -0.3 is 9.47 Å². The number of nitro benzene ring substituents is 2. The maximum absolute atomic E-state index is 14.5. The summed E-state index contributed by atoms with van der Waals surface area (Å²) < 4.78 is 268. The van der Waals surface area contributed by atoms with Crippen molar-refractivity contribution in [1.82, 2.24) is 0 Å². The number of hydrogen-bond donors (Lipinski definition) is 0. The van der Waals surface area contributed by atoms with Gasteiger partial charge in [-0.1, -0.05) is 39.8 Å². The zero-order chi connectivity index (χ0) is 49.4. The SMILES string of the molecule is CC1(C)CC2(CC(C)(C)c3ccc(Oc4c(C(F)(F)F)cc([N+](=O)[O-])c(C(F)(F)F)c4C(F)(F)F)cc32)c2cc(Oc3c(C(F)(F)F)cc([N+](=O)[O-])c(C(F)(F)F)c3C(F)(F)F)ccc21. The average molecular weight is 959 g/mol. The molecule has 4 aromatic carbocycles. The Balaban J connectivity index is 1.62. The second-order valence-corrected chi connectivity index (χ2v) is 16.4. The van der Waals surface area contributed by atoms with Gasteiger partial charge in [0.15, 0.2) is 11.5 Å². The molecule has 0 atom stereocenters. The first-order chi connectivity index (χ1) is 29.1. The normalized spacial score (nSPS) is 17.0. The van der Waals surface area contributed by atoms with Crippen LogP contribution in [0.5, 0.6) is 23.0 Å². The van der Waals surface area contributed by atoms with Crippen LogP contribution in [0.1, 0.15) is 96.2 Å². The summed E-state index contributed by atoms with van der Waals surface area (Å²) in [4.78, 5) is 18.7. The van der Waals surface area contributed by atoms with E-state index in [1.807, 2.05) is 0 Å². The molecule has 65 heavy (non-hydrogen) atoms. The lowest BCUT2D eigenvalue weighted by Crippen LogP contribution is -2.27. The van der Waals surface area contributed by atoms with Gasteiger partial charge in [-0.2, -0.15) is 79.0 Å². The maximum atomic E-state index is 14.5. The smallest absolute Gasteiger partial charge is 0.423 e. The lowest BCUT2D eigenvalue weighted by Gasteiger charge is -2.31. The lowest BCUT2D eigenvalue weighted by atomic mass is 9.72. The Kier molecular flexibility index (Phi) is 10.8. The summed E-state index contributed by atoms with van der Waals surface area (Å²) in [7, 11) is 0. The fourth-order valence-electron chi connectivity index (χ4n) is 9.01. The van der Waals surface area contributed by atoms with E-state index >= 15 is 0 Å². The third-order valence-corrected chi connectivity index (χ3v) is 11.1. The summed E-state index contributed by atoms with van der Waals surface area (Å²) in [5, 5.41) is 22.9. The molecule has 0 radical (unpaired) electrons. The van der Waals surface area contributed by atoms with Crippen molar-refractivity contribution < 1.29 is 98.3 Å². The van der Waals surface area contributed by atoms with Gasteiger partial charge in [-0.05, 0) is 70.2 Å². The molecule has 0 bridgehead atoms. The van der Waals surface area contributed by atoms with Crippen LogP contribution in [0.25, 0.3) is 0 Å². The predicted molar refractivity (Wildman–Crippen MR) is 185 cm³/mol. The minimum Gasteiger partial charge on any atom is -0.456 e. The van der Waals surface area contributed by atoms with Crippen LogP contribution in [0.2, 0.25) is 0 Å². The molecule has 0 fully saturated rings. The number of benzene rings is 4. The Morgan fingerprint density at radius 1 is 0.446 bits per heavy atom. The first-order valence-electron chi connectivity index (χ1n) is 17.9. The molecule has 0 saturated heterocycles. The standard InChI is InChI=1S/C39H24F18N2O6/c1-31(2)13-33(19-9-15(5-7-17(19)31)64-29-21(34(40,41)42)11-23(58(60)61)25(36(46,47)48)27(29)38(52,53)54)14-32(3,4)18-8-6-16(10-20(18)33)65-30-22(35(43,44)45)12-24(59(62)63)26(37(49,50)51)28(30)39(55,56)57/h5-12H,13-14H2,1-4H3. The van der Waals surface area contributed by atoms with E-state index in [4.69, 9.17) is 9.47 Å². The van der Waals surface area contributed by atoms with Crippen molar-refractivity contribution in [3.63, 3.8) is 0 Å². The zero-order valence-corrected chi connectivity index (χ0v) is 32.7. The summed E-state index contributed by atoms with van der Waals surface area (Å²) in [6.07, 6.45) is -37.7. The Morgan fingerprint density at radius 2 is 0.738 bits per heavy atom. The van der Waals surface area contributed by atoms with Gasteiger partial charge in [-0.15, -0.1) is 0 Å². The van der Waals surface area contributed by atoms with Crippen LogP contribution in [-0.2, 0) is 53.3 Å². The van der Waals surface area contributed by atoms with E-state index in [-0.39, 0.29) is 35.1 Å². The number of halogens is 18. The second-order valence-electron chi connectivity index (χ2n) is 16.4. The van der Waals surface area contributed by atoms with Crippen LogP contribution >= 0.6 is 0 Å². The topological polar surface area (TPSA) is 105 Å². The van der Waals surface area contributed by atoms with Gasteiger partial charge in [0.2, 0.25) is 0 Å². The molecule has 0 heterocycles. The lowest BCUT2D eigenvalue weighted by molar-refractivity contribution is -0.388. The van der Waals surface area contributed by atoms with Gasteiger partial charge in [0, 0.05) is 17.5 Å². The molecule has 0 aliphatic heterocycles. The minimum absolute atomic E-state index is 0.0642. The third kappa shape index (κ3) is 8.31. The zero-order valence-electron chi connectivity index (χ0n) is 32.7. The number of nitrogens with zero attached hydrogens (tertiary/aromatic N) is 2. The molecule has 2 aliphatic rings. The van der Waals surface area contributed by atoms with E-state index in [0.29, 0.717) is 0 Å². The first-order valence-corrected chi connectivity index (χ1v) is 17.9. The average Bonchev–Trinajstić information content (AvgIpc) is 3.46. The summed E-state index contributed by atoms with van der Waals surface area (Å²) in [6, 6.07) is 3.77. The predicted octanol–water partition coefficient (Wildman–Crippen LogP) is 14.8. The van der Waals surface area contributed by atoms with E-state index in [0.717, 1.165) is 36.4 Å². The van der Waals surface area contributed by atoms with Gasteiger partial charge in [-0.3, -0.25) is 20.2 Å². The Morgan fingerprint density at radius 3 is 0.985 bits per heavy atom. The van der Waals surface area contributed by atoms with Gasteiger partial charge >= 0.3 is 37.1 Å². The number of nitro groups is 2. The highest BCUT2D eigenvalue weighted by molar-refractivity contribution is 5.66. The first kappa shape index (κ1) is 48.5. The molecule has 0 amide bonds. The van der Waals surface area contributed by atoms with Gasteiger partial charge in [0.1, 0.15) is 44.9 Å². The monoisotopic (exact) mass is 958 g/mol. The molecule has 0 aromatic heterocycles. The van der Waals surface area contributed by atoms with Crippen LogP contribution in [0.3, 0.4) is 0 Å². The number of rotatable bonds is 6. The Labute approximate surface area is 351 Å². The third-order valence-electron chi connectivity index (χ3n) is 11.1. The molecule has 0 saturated carbocycles. The summed E-state index contributed by atoms with van der Waals surface area (Å²) in [6.45, 7) is 6.23. The highest BCUT2D eigenvalue weighted by Crippen LogP contribution is 2.65. The number of alkyl halides is 18. The Hall–Kier alpha value is -5.98. The second kappa shape index (κ2) is 14.5. The van der Waals surface area contributed by atoms with E-state index in [2.05, 4.69) is 0 Å². The largest absolute Gasteiger partial charge is 0.456 e. The van der Waals surface area contributed by atoms with E-state index in [1.165, 1.54) is 0 Å². The van der Waals surface area contributed by atoms with Crippen molar-refractivity contribution in [2.24, 2.45) is 0 Å². The quantitative estimate of drug-likeness (QED) is 0.108. The maximum Gasteiger partial charge on any atom is 0.423 e. The molecule has 1 spiro atoms. The molecule has 2 aliphatic carbocycles. The van der Waals surface area contributed by atoms with Crippen LogP contribution in [0.15, 0.2) is 48.5 Å². The molecule has 6 rings (SSSR count). The number of hydrogen-bond acceptors (Lipinski definition) is 6. The summed E-state index contributed by atoms with van der Waals surface area (Å²) in [5.41, 5.74) is -26.7. The fourth-order valence-corrected chi connectivity index (χ4v) is 9.01. The van der Waals surface area contributed by atoms with Crippen molar-refractivity contribution >= 4 is 11.4 Å². The van der Waals surface area contributed by atoms with Crippen LogP contribution < -0.4 is 9.47 Å². The Bertz CT molecular complexity index is 2470. The molecular formula is C39H24F18N2O6. The molecule has 8 nitrogen and oxygen atoms in total. The van der Waals surface area contributed by atoms with E-state index in [1.54, 1.807) is 27.7 Å². The highest BCUT2D eigenvalue weighted by atomic mass is 19.4. The van der Waals surface area contributed by atoms with Crippen molar-refractivity contribution in [2.75, 3.05) is 0 Å². The van der Waals surface area contributed by atoms with Gasteiger partial charge in [-0.25, -0.2) is 0 Å². The van der Waals surface area contributed by atoms with Crippen LogP contribution in [0.4, 0.5) is 90.4 Å². The van der Waals surface area contributed by atoms with Crippen molar-refractivity contribution in [1.29, 1.82) is 0 Å². The highest BCUT2D eigenvalue weighted by Gasteiger charge is 2.59. The molecule has 4 aromatic rings. The fraction of sp³-hybridized carbons (Fsp3) is 0.385.